The van der Waals surface area contributed by atoms with Crippen LogP contribution >= 0.6 is 0 Å². The van der Waals surface area contributed by atoms with Gasteiger partial charge in [-0.2, -0.15) is 10.2 Å². The van der Waals surface area contributed by atoms with Crippen LogP contribution in [-0.4, -0.2) is 0 Å². The van der Waals surface area contributed by atoms with Crippen molar-refractivity contribution in [1.29, 1.82) is 0 Å². The molecule has 0 fully saturated rings. The van der Waals surface area contributed by atoms with Crippen LogP contribution < -0.4 is 0 Å². The molecule has 0 amide bonds. The monoisotopic (exact) mass is 208 g/mol. The third-order valence-corrected chi connectivity index (χ3v) is 2.91. The number of aryl methyl sites for hydroxylation is 2. The molecule has 2 heteroatoms. The second kappa shape index (κ2) is 3.89. The van der Waals surface area contributed by atoms with Crippen molar-refractivity contribution in [2.24, 2.45) is 10.2 Å². The molecule has 2 nitrogen and oxygen atoms in total. The predicted molar refractivity (Wildman–Crippen MR) is 64.5 cm³/mol. The third kappa shape index (κ3) is 1.63. The molecule has 3 rings (SSSR count). The topological polar surface area (TPSA) is 24.7 Å². The zero-order valence-electron chi connectivity index (χ0n) is 8.93. The van der Waals surface area contributed by atoms with E-state index in [-0.39, 0.29) is 0 Å². The minimum atomic E-state index is 0.997. The molecule has 0 spiro atoms. The average molecular weight is 208 g/mol. The molecule has 0 N–H and O–H groups in total. The summed E-state index contributed by atoms with van der Waals surface area (Å²) in [6.07, 6.45) is 2.07. The highest BCUT2D eigenvalue weighted by atomic mass is 15.1. The van der Waals surface area contributed by atoms with E-state index in [1.165, 1.54) is 11.1 Å². The SMILES string of the molecule is c1ccc2c(c1)CCc1ccccc1N=N2. The van der Waals surface area contributed by atoms with Gasteiger partial charge in [-0.05, 0) is 36.1 Å². The molecule has 0 saturated carbocycles. The van der Waals surface area contributed by atoms with E-state index in [2.05, 4.69) is 34.5 Å². The molecule has 0 atom stereocenters. The summed E-state index contributed by atoms with van der Waals surface area (Å²) < 4.78 is 0. The Hall–Kier alpha value is -1.96. The van der Waals surface area contributed by atoms with E-state index in [0.29, 0.717) is 0 Å². The van der Waals surface area contributed by atoms with Crippen molar-refractivity contribution in [3.63, 3.8) is 0 Å². The number of rotatable bonds is 0. The van der Waals surface area contributed by atoms with Gasteiger partial charge in [0.15, 0.2) is 0 Å². The van der Waals surface area contributed by atoms with Crippen LogP contribution in [0.3, 0.4) is 0 Å². The van der Waals surface area contributed by atoms with Gasteiger partial charge in [-0.25, -0.2) is 0 Å². The fourth-order valence-electron chi connectivity index (χ4n) is 2.02. The molecule has 78 valence electrons. The number of hydrogen-bond acceptors (Lipinski definition) is 2. The van der Waals surface area contributed by atoms with E-state index >= 15 is 0 Å². The highest BCUT2D eigenvalue weighted by Crippen LogP contribution is 2.29. The molecule has 0 aliphatic carbocycles. The maximum absolute atomic E-state index is 4.31. The molecular formula is C14H12N2. The smallest absolute Gasteiger partial charge is 0.0889 e. The summed E-state index contributed by atoms with van der Waals surface area (Å²) in [5.74, 6) is 0. The quantitative estimate of drug-likeness (QED) is 0.620. The molecule has 0 bridgehead atoms. The van der Waals surface area contributed by atoms with Crippen LogP contribution in [0.4, 0.5) is 11.4 Å². The summed E-state index contributed by atoms with van der Waals surface area (Å²) in [6.45, 7) is 0. The maximum atomic E-state index is 4.31. The Labute approximate surface area is 94.7 Å². The van der Waals surface area contributed by atoms with Crippen LogP contribution in [0.25, 0.3) is 0 Å². The Morgan fingerprint density at radius 1 is 0.625 bits per heavy atom. The Balaban J connectivity index is 2.10. The van der Waals surface area contributed by atoms with Crippen molar-refractivity contribution in [1.82, 2.24) is 0 Å². The first-order valence-electron chi connectivity index (χ1n) is 5.51. The van der Waals surface area contributed by atoms with Gasteiger partial charge in [0.1, 0.15) is 0 Å². The van der Waals surface area contributed by atoms with Crippen molar-refractivity contribution >= 4 is 11.4 Å². The molecular weight excluding hydrogens is 196 g/mol. The molecule has 1 aliphatic heterocycles. The average Bonchev–Trinajstić information content (AvgIpc) is 2.32. The summed E-state index contributed by atoms with van der Waals surface area (Å²) in [6, 6.07) is 16.4. The first kappa shape index (κ1) is 9.28. The van der Waals surface area contributed by atoms with Gasteiger partial charge in [0.25, 0.3) is 0 Å². The van der Waals surface area contributed by atoms with Gasteiger partial charge >= 0.3 is 0 Å². The van der Waals surface area contributed by atoms with Gasteiger partial charge in [0, 0.05) is 0 Å². The molecule has 2 aromatic rings. The molecule has 16 heavy (non-hydrogen) atoms. The summed E-state index contributed by atoms with van der Waals surface area (Å²) in [5.41, 5.74) is 4.55. The molecule has 0 unspecified atom stereocenters. The van der Waals surface area contributed by atoms with E-state index in [0.717, 1.165) is 24.2 Å². The van der Waals surface area contributed by atoms with Gasteiger partial charge in [-0.1, -0.05) is 36.4 Å². The molecule has 2 aromatic carbocycles. The number of nitrogens with zero attached hydrogens (tertiary/aromatic N) is 2. The van der Waals surface area contributed by atoms with Crippen molar-refractivity contribution in [2.75, 3.05) is 0 Å². The lowest BCUT2D eigenvalue weighted by Crippen LogP contribution is -1.94. The van der Waals surface area contributed by atoms with E-state index in [4.69, 9.17) is 0 Å². The molecule has 0 saturated heterocycles. The van der Waals surface area contributed by atoms with E-state index in [1.807, 2.05) is 24.3 Å². The second-order valence-corrected chi connectivity index (χ2v) is 3.96. The van der Waals surface area contributed by atoms with E-state index < -0.39 is 0 Å². The van der Waals surface area contributed by atoms with Gasteiger partial charge in [0.05, 0.1) is 11.4 Å². The normalized spacial score (nSPS) is 13.5. The van der Waals surface area contributed by atoms with Crippen LogP contribution in [0.1, 0.15) is 11.1 Å². The Morgan fingerprint density at radius 2 is 1.06 bits per heavy atom. The van der Waals surface area contributed by atoms with E-state index in [1.54, 1.807) is 0 Å². The van der Waals surface area contributed by atoms with Crippen molar-refractivity contribution in [3.8, 4) is 0 Å². The van der Waals surface area contributed by atoms with Gasteiger partial charge in [-0.3, -0.25) is 0 Å². The lowest BCUT2D eigenvalue weighted by molar-refractivity contribution is 0.936. The number of hydrogen-bond donors (Lipinski definition) is 0. The van der Waals surface area contributed by atoms with Crippen LogP contribution in [0.15, 0.2) is 58.8 Å². The number of azo groups is 1. The predicted octanol–water partition coefficient (Wildman–Crippen LogP) is 4.20. The third-order valence-electron chi connectivity index (χ3n) is 2.91. The zero-order chi connectivity index (χ0) is 10.8. The Morgan fingerprint density at radius 3 is 1.56 bits per heavy atom. The van der Waals surface area contributed by atoms with Crippen LogP contribution in [0, 0.1) is 0 Å². The maximum Gasteiger partial charge on any atom is 0.0889 e. The molecule has 1 heterocycles. The lowest BCUT2D eigenvalue weighted by atomic mass is 10.0. The summed E-state index contributed by atoms with van der Waals surface area (Å²) in [5, 5.41) is 8.63. The Bertz CT molecular complexity index is 494. The van der Waals surface area contributed by atoms with Crippen molar-refractivity contribution in [2.45, 2.75) is 12.8 Å². The van der Waals surface area contributed by atoms with Crippen LogP contribution in [-0.2, 0) is 12.8 Å². The first-order chi connectivity index (χ1) is 7.93. The summed E-state index contributed by atoms with van der Waals surface area (Å²) >= 11 is 0. The van der Waals surface area contributed by atoms with Gasteiger partial charge in [-0.15, -0.1) is 0 Å². The number of benzene rings is 2. The van der Waals surface area contributed by atoms with Gasteiger partial charge < -0.3 is 0 Å². The summed E-state index contributed by atoms with van der Waals surface area (Å²) in [4.78, 5) is 0. The highest BCUT2D eigenvalue weighted by Gasteiger charge is 2.07. The minimum absolute atomic E-state index is 0.997. The zero-order valence-corrected chi connectivity index (χ0v) is 8.93. The Kier molecular flexibility index (Phi) is 2.26. The standard InChI is InChI=1S/C14H12N2/c1-3-7-13-11(5-1)9-10-12-6-2-4-8-14(12)16-15-13/h1-8H,9-10H2. The first-order valence-corrected chi connectivity index (χ1v) is 5.51. The van der Waals surface area contributed by atoms with Crippen molar-refractivity contribution < 1.29 is 0 Å². The summed E-state index contributed by atoms with van der Waals surface area (Å²) in [7, 11) is 0. The molecule has 0 aromatic heterocycles. The van der Waals surface area contributed by atoms with Gasteiger partial charge in [0.2, 0.25) is 0 Å². The van der Waals surface area contributed by atoms with Crippen LogP contribution in [0.2, 0.25) is 0 Å². The highest BCUT2D eigenvalue weighted by molar-refractivity contribution is 5.51. The number of fused-ring (bicyclic) bond motifs is 2. The van der Waals surface area contributed by atoms with Crippen molar-refractivity contribution in [3.05, 3.63) is 59.7 Å². The fraction of sp³-hybridized carbons (Fsp3) is 0.143. The second-order valence-electron chi connectivity index (χ2n) is 3.96. The molecule has 1 aliphatic rings. The van der Waals surface area contributed by atoms with E-state index in [9.17, 15) is 0 Å². The largest absolute Gasteiger partial charge is 0.150 e. The molecule has 0 radical (unpaired) electrons. The van der Waals surface area contributed by atoms with Crippen LogP contribution in [0.5, 0.6) is 0 Å². The fourth-order valence-corrected chi connectivity index (χ4v) is 2.02. The lowest BCUT2D eigenvalue weighted by Gasteiger charge is -2.10. The minimum Gasteiger partial charge on any atom is -0.150 e.